The molecule has 4 aliphatic carbocycles. The summed E-state index contributed by atoms with van der Waals surface area (Å²) in [7, 11) is -4.21. The van der Waals surface area contributed by atoms with Gasteiger partial charge in [0.1, 0.15) is 4.90 Å². The van der Waals surface area contributed by atoms with Gasteiger partial charge in [0.2, 0.25) is 15.9 Å². The fraction of sp³-hybridized carbons (Fsp3) is 0.682. The van der Waals surface area contributed by atoms with Crippen molar-refractivity contribution >= 4 is 27.5 Å². The molecular formula is C22H26ClF3N2O3S. The van der Waals surface area contributed by atoms with Gasteiger partial charge in [0.25, 0.3) is 0 Å². The number of amides is 1. The smallest absolute Gasteiger partial charge is 0.340 e. The van der Waals surface area contributed by atoms with Gasteiger partial charge in [0.15, 0.2) is 0 Å². The Kier molecular flexibility index (Phi) is 5.34. The molecule has 1 amide bonds. The standard InChI is InChI=1S/C22H26ClF3N2O3S/c23-18-2-1-17(22(24,25)26)10-19(18)32(30,31)28-5-3-27(4-6-28)20(29)21-11-14-7-15(12-21)9-16(8-14)13-21/h1-2,10,14-16H,3-9,11-13H2. The fourth-order valence-electron chi connectivity index (χ4n) is 6.86. The predicted molar refractivity (Wildman–Crippen MR) is 112 cm³/mol. The van der Waals surface area contributed by atoms with E-state index in [1.54, 1.807) is 4.90 Å². The Hall–Kier alpha value is -1.32. The number of carbonyl (C=O) groups excluding carboxylic acids is 1. The number of carbonyl (C=O) groups is 1. The number of benzene rings is 1. The number of sulfonamides is 1. The van der Waals surface area contributed by atoms with Gasteiger partial charge in [-0.25, -0.2) is 8.42 Å². The Morgan fingerprint density at radius 1 is 0.969 bits per heavy atom. The largest absolute Gasteiger partial charge is 0.416 e. The van der Waals surface area contributed by atoms with Crippen molar-refractivity contribution < 1.29 is 26.4 Å². The van der Waals surface area contributed by atoms with E-state index in [9.17, 15) is 26.4 Å². The summed E-state index contributed by atoms with van der Waals surface area (Å²) in [5.41, 5.74) is -1.35. The van der Waals surface area contributed by atoms with Gasteiger partial charge in [0, 0.05) is 26.2 Å². The van der Waals surface area contributed by atoms with Gasteiger partial charge in [-0.05, 0) is 74.5 Å². The minimum absolute atomic E-state index is 0.0486. The highest BCUT2D eigenvalue weighted by Crippen LogP contribution is 2.60. The summed E-state index contributed by atoms with van der Waals surface area (Å²) in [6, 6.07) is 2.32. The highest BCUT2D eigenvalue weighted by Gasteiger charge is 2.55. The molecule has 0 spiro atoms. The van der Waals surface area contributed by atoms with Gasteiger partial charge < -0.3 is 4.90 Å². The number of nitrogens with zero attached hydrogens (tertiary/aromatic N) is 2. The minimum atomic E-state index is -4.67. The van der Waals surface area contributed by atoms with Crippen LogP contribution in [0.2, 0.25) is 5.02 Å². The Labute approximate surface area is 190 Å². The van der Waals surface area contributed by atoms with Crippen molar-refractivity contribution in [2.75, 3.05) is 26.2 Å². The van der Waals surface area contributed by atoms with Gasteiger partial charge >= 0.3 is 6.18 Å². The Morgan fingerprint density at radius 3 is 2.00 bits per heavy atom. The Morgan fingerprint density at radius 2 is 1.50 bits per heavy atom. The van der Waals surface area contributed by atoms with Crippen LogP contribution in [-0.4, -0.2) is 49.7 Å². The maximum absolute atomic E-state index is 13.5. The van der Waals surface area contributed by atoms with Gasteiger partial charge in [0.05, 0.1) is 16.0 Å². The number of alkyl halides is 3. The number of piperazine rings is 1. The summed E-state index contributed by atoms with van der Waals surface area (Å²) >= 11 is 5.97. The van der Waals surface area contributed by atoms with Crippen molar-refractivity contribution in [3.8, 4) is 0 Å². The molecule has 5 aliphatic rings. The van der Waals surface area contributed by atoms with Crippen molar-refractivity contribution in [2.24, 2.45) is 23.2 Å². The highest BCUT2D eigenvalue weighted by molar-refractivity contribution is 7.89. The average molecular weight is 491 g/mol. The lowest BCUT2D eigenvalue weighted by Crippen LogP contribution is -2.58. The molecule has 6 rings (SSSR count). The molecule has 1 aromatic carbocycles. The molecule has 0 unspecified atom stereocenters. The van der Waals surface area contributed by atoms with Crippen LogP contribution in [0.15, 0.2) is 23.1 Å². The average Bonchev–Trinajstić information content (AvgIpc) is 2.71. The first-order chi connectivity index (χ1) is 15.0. The lowest BCUT2D eigenvalue weighted by atomic mass is 9.49. The van der Waals surface area contributed by atoms with Gasteiger partial charge in [-0.1, -0.05) is 11.6 Å². The monoisotopic (exact) mass is 490 g/mol. The maximum atomic E-state index is 13.5. The lowest BCUT2D eigenvalue weighted by Gasteiger charge is -2.57. The Bertz CT molecular complexity index is 1000. The van der Waals surface area contributed by atoms with E-state index >= 15 is 0 Å². The summed E-state index contributed by atoms with van der Waals surface area (Å²) in [6.07, 6.45) is 1.85. The summed E-state index contributed by atoms with van der Waals surface area (Å²) in [5, 5.41) is -0.245. The highest BCUT2D eigenvalue weighted by atomic mass is 35.5. The number of halogens is 4. The summed E-state index contributed by atoms with van der Waals surface area (Å²) < 4.78 is 66.5. The maximum Gasteiger partial charge on any atom is 0.416 e. The zero-order valence-corrected chi connectivity index (χ0v) is 19.1. The second kappa shape index (κ2) is 7.60. The third-order valence-corrected chi connectivity index (χ3v) is 10.3. The first kappa shape index (κ1) is 22.5. The van der Waals surface area contributed by atoms with Crippen LogP contribution < -0.4 is 0 Å². The van der Waals surface area contributed by atoms with Gasteiger partial charge in [-0.3, -0.25) is 4.79 Å². The second-order valence-electron chi connectivity index (χ2n) is 10.0. The van der Waals surface area contributed by atoms with Crippen LogP contribution in [0.5, 0.6) is 0 Å². The van der Waals surface area contributed by atoms with Crippen LogP contribution in [0.4, 0.5) is 13.2 Å². The van der Waals surface area contributed by atoms with E-state index in [1.807, 2.05) is 0 Å². The van der Waals surface area contributed by atoms with Crippen molar-refractivity contribution in [1.82, 2.24) is 9.21 Å². The van der Waals surface area contributed by atoms with Crippen LogP contribution in [0.1, 0.15) is 44.1 Å². The van der Waals surface area contributed by atoms with E-state index in [1.165, 1.54) is 19.3 Å². The molecule has 1 heterocycles. The molecule has 0 N–H and O–H groups in total. The zero-order valence-electron chi connectivity index (χ0n) is 17.6. The first-order valence-corrected chi connectivity index (χ1v) is 13.0. The molecule has 4 saturated carbocycles. The topological polar surface area (TPSA) is 57.7 Å². The minimum Gasteiger partial charge on any atom is -0.340 e. The van der Waals surface area contributed by atoms with Crippen molar-refractivity contribution in [3.63, 3.8) is 0 Å². The molecule has 1 aromatic rings. The molecule has 1 saturated heterocycles. The molecule has 32 heavy (non-hydrogen) atoms. The summed E-state index contributed by atoms with van der Waals surface area (Å²) in [4.78, 5) is 14.7. The quantitative estimate of drug-likeness (QED) is 0.630. The molecule has 1 aliphatic heterocycles. The fourth-order valence-corrected chi connectivity index (χ4v) is 8.78. The van der Waals surface area contributed by atoms with Crippen LogP contribution in [0.3, 0.4) is 0 Å². The second-order valence-corrected chi connectivity index (χ2v) is 12.4. The lowest BCUT2D eigenvalue weighted by molar-refractivity contribution is -0.158. The summed E-state index contributed by atoms with van der Waals surface area (Å²) in [6.45, 7) is 0.590. The SMILES string of the molecule is O=C(N1CCN(S(=O)(=O)c2cc(C(F)(F)F)ccc2Cl)CC1)C12CC3CC(CC(C3)C1)C2. The first-order valence-electron chi connectivity index (χ1n) is 11.1. The summed E-state index contributed by atoms with van der Waals surface area (Å²) in [5.74, 6) is 2.05. The normalized spacial score (nSPS) is 33.0. The van der Waals surface area contributed by atoms with E-state index in [2.05, 4.69) is 0 Å². The predicted octanol–water partition coefficient (Wildman–Crippen LogP) is 4.41. The van der Waals surface area contributed by atoms with Crippen molar-refractivity contribution in [2.45, 2.75) is 49.6 Å². The van der Waals surface area contributed by atoms with Crippen LogP contribution in [0, 0.1) is 23.2 Å². The Balaban J connectivity index is 1.30. The van der Waals surface area contributed by atoms with Crippen LogP contribution in [0.25, 0.3) is 0 Å². The molecule has 10 heteroatoms. The van der Waals surface area contributed by atoms with Crippen LogP contribution >= 0.6 is 11.6 Å². The van der Waals surface area contributed by atoms with E-state index in [-0.39, 0.29) is 42.5 Å². The van der Waals surface area contributed by atoms with E-state index in [0.29, 0.717) is 23.8 Å². The van der Waals surface area contributed by atoms with Crippen LogP contribution in [-0.2, 0) is 21.0 Å². The zero-order chi connectivity index (χ0) is 22.9. The molecule has 176 valence electrons. The van der Waals surface area contributed by atoms with E-state index in [0.717, 1.165) is 35.7 Å². The molecular weight excluding hydrogens is 465 g/mol. The number of hydrogen-bond donors (Lipinski definition) is 0. The van der Waals surface area contributed by atoms with Crippen molar-refractivity contribution in [1.29, 1.82) is 0 Å². The third kappa shape index (κ3) is 3.74. The van der Waals surface area contributed by atoms with E-state index in [4.69, 9.17) is 11.6 Å². The van der Waals surface area contributed by atoms with E-state index < -0.39 is 26.7 Å². The molecule has 0 atom stereocenters. The molecule has 0 radical (unpaired) electrons. The molecule has 4 bridgehead atoms. The van der Waals surface area contributed by atoms with Gasteiger partial charge in [-0.2, -0.15) is 17.5 Å². The molecule has 0 aromatic heterocycles. The third-order valence-electron chi connectivity index (χ3n) is 7.89. The number of hydrogen-bond acceptors (Lipinski definition) is 3. The number of rotatable bonds is 3. The van der Waals surface area contributed by atoms with Crippen molar-refractivity contribution in [3.05, 3.63) is 28.8 Å². The molecule has 5 fully saturated rings. The molecule has 5 nitrogen and oxygen atoms in total. The van der Waals surface area contributed by atoms with Gasteiger partial charge in [-0.15, -0.1) is 0 Å².